The third kappa shape index (κ3) is 4.56. The number of benzene rings is 1. The maximum atomic E-state index is 11.2. The number of esters is 1. The van der Waals surface area contributed by atoms with Crippen LogP contribution in [0.15, 0.2) is 18.2 Å². The molecule has 0 saturated heterocycles. The fourth-order valence-corrected chi connectivity index (χ4v) is 1.91. The Kier molecular flexibility index (Phi) is 6.54. The molecule has 0 amide bonds. The minimum Gasteiger partial charge on any atom is -0.496 e. The van der Waals surface area contributed by atoms with E-state index in [9.17, 15) is 4.79 Å². The monoisotopic (exact) mass is 276 g/mol. The summed E-state index contributed by atoms with van der Waals surface area (Å²) in [4.78, 5) is 13.3. The summed E-state index contributed by atoms with van der Waals surface area (Å²) < 4.78 is 9.95. The van der Waals surface area contributed by atoms with Crippen LogP contribution in [0, 0.1) is 11.3 Å². The summed E-state index contributed by atoms with van der Waals surface area (Å²) >= 11 is 0. The molecular weight excluding hydrogens is 256 g/mol. The van der Waals surface area contributed by atoms with Crippen LogP contribution in [-0.2, 0) is 16.1 Å². The van der Waals surface area contributed by atoms with Crippen LogP contribution >= 0.6 is 0 Å². The molecule has 5 nitrogen and oxygen atoms in total. The lowest BCUT2D eigenvalue weighted by Crippen LogP contribution is -2.26. The highest BCUT2D eigenvalue weighted by molar-refractivity contribution is 5.69. The Hall–Kier alpha value is -2.06. The number of hydrogen-bond acceptors (Lipinski definition) is 5. The quantitative estimate of drug-likeness (QED) is 0.712. The third-order valence-electron chi connectivity index (χ3n) is 3.11. The average molecular weight is 276 g/mol. The molecule has 0 aliphatic rings. The molecule has 0 spiro atoms. The van der Waals surface area contributed by atoms with Crippen molar-refractivity contribution in [1.29, 1.82) is 5.26 Å². The number of methoxy groups -OCH3 is 2. The SMILES string of the molecule is CCN(CCC(=O)OC)Cc1cc(C#N)ccc1OC. The highest BCUT2D eigenvalue weighted by Crippen LogP contribution is 2.21. The van der Waals surface area contributed by atoms with Gasteiger partial charge in [0.1, 0.15) is 5.75 Å². The van der Waals surface area contributed by atoms with Crippen molar-refractivity contribution in [2.75, 3.05) is 27.3 Å². The molecule has 1 aromatic rings. The van der Waals surface area contributed by atoms with E-state index in [1.807, 2.05) is 13.0 Å². The van der Waals surface area contributed by atoms with Crippen LogP contribution < -0.4 is 4.74 Å². The molecule has 0 atom stereocenters. The maximum Gasteiger partial charge on any atom is 0.306 e. The predicted molar refractivity (Wildman–Crippen MR) is 75.3 cm³/mol. The second kappa shape index (κ2) is 8.18. The molecule has 0 radical (unpaired) electrons. The van der Waals surface area contributed by atoms with Crippen molar-refractivity contribution in [1.82, 2.24) is 4.90 Å². The van der Waals surface area contributed by atoms with E-state index >= 15 is 0 Å². The van der Waals surface area contributed by atoms with Crippen molar-refractivity contribution < 1.29 is 14.3 Å². The van der Waals surface area contributed by atoms with Gasteiger partial charge in [0.05, 0.1) is 32.3 Å². The van der Waals surface area contributed by atoms with E-state index in [0.29, 0.717) is 25.1 Å². The number of carbonyl (C=O) groups is 1. The second-order valence-electron chi connectivity index (χ2n) is 4.33. The summed E-state index contributed by atoms with van der Waals surface area (Å²) in [7, 11) is 2.99. The molecule has 0 fully saturated rings. The molecule has 108 valence electrons. The molecule has 0 unspecified atom stereocenters. The van der Waals surface area contributed by atoms with Gasteiger partial charge in [-0.1, -0.05) is 6.92 Å². The van der Waals surface area contributed by atoms with Gasteiger partial charge in [0.2, 0.25) is 0 Å². The zero-order chi connectivity index (χ0) is 15.0. The van der Waals surface area contributed by atoms with E-state index in [-0.39, 0.29) is 5.97 Å². The van der Waals surface area contributed by atoms with Crippen LogP contribution in [-0.4, -0.2) is 38.2 Å². The molecule has 0 N–H and O–H groups in total. The first-order valence-corrected chi connectivity index (χ1v) is 6.50. The molecule has 0 aliphatic carbocycles. The van der Waals surface area contributed by atoms with Crippen LogP contribution in [0.3, 0.4) is 0 Å². The van der Waals surface area contributed by atoms with Gasteiger partial charge in [0.25, 0.3) is 0 Å². The van der Waals surface area contributed by atoms with E-state index in [1.165, 1.54) is 7.11 Å². The van der Waals surface area contributed by atoms with Crippen LogP contribution in [0.2, 0.25) is 0 Å². The minimum absolute atomic E-state index is 0.221. The van der Waals surface area contributed by atoms with Gasteiger partial charge in [-0.3, -0.25) is 9.69 Å². The van der Waals surface area contributed by atoms with E-state index < -0.39 is 0 Å². The smallest absolute Gasteiger partial charge is 0.306 e. The normalized spacial score (nSPS) is 10.2. The van der Waals surface area contributed by atoms with E-state index in [2.05, 4.69) is 15.7 Å². The van der Waals surface area contributed by atoms with Crippen LogP contribution in [0.5, 0.6) is 5.75 Å². The van der Waals surface area contributed by atoms with E-state index in [4.69, 9.17) is 10.00 Å². The van der Waals surface area contributed by atoms with E-state index in [0.717, 1.165) is 17.9 Å². The second-order valence-corrected chi connectivity index (χ2v) is 4.33. The molecule has 5 heteroatoms. The Labute approximate surface area is 119 Å². The fourth-order valence-electron chi connectivity index (χ4n) is 1.91. The average Bonchev–Trinajstić information content (AvgIpc) is 2.50. The van der Waals surface area contributed by atoms with Gasteiger partial charge in [-0.25, -0.2) is 0 Å². The van der Waals surface area contributed by atoms with Crippen molar-refractivity contribution in [2.24, 2.45) is 0 Å². The lowest BCUT2D eigenvalue weighted by molar-refractivity contribution is -0.141. The van der Waals surface area contributed by atoms with Crippen LogP contribution in [0.25, 0.3) is 0 Å². The van der Waals surface area contributed by atoms with Gasteiger partial charge in [-0.05, 0) is 24.7 Å². The summed E-state index contributed by atoms with van der Waals surface area (Å²) in [6.45, 7) is 4.07. The molecule has 1 rings (SSSR count). The van der Waals surface area contributed by atoms with Crippen LogP contribution in [0.1, 0.15) is 24.5 Å². The summed E-state index contributed by atoms with van der Waals surface area (Å²) in [6, 6.07) is 7.46. The van der Waals surface area contributed by atoms with Crippen molar-refractivity contribution in [2.45, 2.75) is 19.9 Å². The van der Waals surface area contributed by atoms with Gasteiger partial charge < -0.3 is 9.47 Å². The summed E-state index contributed by atoms with van der Waals surface area (Å²) in [5.41, 5.74) is 1.54. The Morgan fingerprint density at radius 1 is 1.40 bits per heavy atom. The zero-order valence-corrected chi connectivity index (χ0v) is 12.2. The van der Waals surface area contributed by atoms with Gasteiger partial charge in [0, 0.05) is 18.7 Å². The molecule has 0 bridgehead atoms. The molecule has 20 heavy (non-hydrogen) atoms. The first-order chi connectivity index (χ1) is 9.64. The van der Waals surface area contributed by atoms with Crippen molar-refractivity contribution in [3.8, 4) is 11.8 Å². The van der Waals surface area contributed by atoms with E-state index in [1.54, 1.807) is 19.2 Å². The Morgan fingerprint density at radius 3 is 2.70 bits per heavy atom. The molecule has 1 aromatic carbocycles. The van der Waals surface area contributed by atoms with Crippen molar-refractivity contribution in [3.05, 3.63) is 29.3 Å². The highest BCUT2D eigenvalue weighted by atomic mass is 16.5. The third-order valence-corrected chi connectivity index (χ3v) is 3.11. The number of rotatable bonds is 7. The summed E-state index contributed by atoms with van der Waals surface area (Å²) in [6.07, 6.45) is 0.352. The zero-order valence-electron chi connectivity index (χ0n) is 12.2. The fraction of sp³-hybridized carbons (Fsp3) is 0.467. The Morgan fingerprint density at radius 2 is 2.15 bits per heavy atom. The van der Waals surface area contributed by atoms with Crippen molar-refractivity contribution in [3.63, 3.8) is 0 Å². The van der Waals surface area contributed by atoms with Gasteiger partial charge >= 0.3 is 5.97 Å². The predicted octanol–water partition coefficient (Wildman–Crippen LogP) is 1.95. The van der Waals surface area contributed by atoms with Gasteiger partial charge in [-0.2, -0.15) is 5.26 Å². The van der Waals surface area contributed by atoms with Crippen LogP contribution in [0.4, 0.5) is 0 Å². The molecule has 0 saturated carbocycles. The highest BCUT2D eigenvalue weighted by Gasteiger charge is 2.11. The molecule has 0 aromatic heterocycles. The molecule has 0 aliphatic heterocycles. The maximum absolute atomic E-state index is 11.2. The topological polar surface area (TPSA) is 62.6 Å². The largest absolute Gasteiger partial charge is 0.496 e. The standard InChI is InChI=1S/C15H20N2O3/c1-4-17(8-7-15(18)20-3)11-13-9-12(10-16)5-6-14(13)19-2/h5-6,9H,4,7-8,11H2,1-3H3. The lowest BCUT2D eigenvalue weighted by atomic mass is 10.1. The Bertz CT molecular complexity index is 494. The lowest BCUT2D eigenvalue weighted by Gasteiger charge is -2.21. The van der Waals surface area contributed by atoms with Gasteiger partial charge in [-0.15, -0.1) is 0 Å². The number of nitriles is 1. The number of hydrogen-bond donors (Lipinski definition) is 0. The minimum atomic E-state index is -0.221. The number of nitrogens with zero attached hydrogens (tertiary/aromatic N) is 2. The molecule has 0 heterocycles. The number of carbonyl (C=O) groups excluding carboxylic acids is 1. The Balaban J connectivity index is 2.78. The summed E-state index contributed by atoms with van der Waals surface area (Å²) in [5.74, 6) is 0.529. The van der Waals surface area contributed by atoms with Crippen molar-refractivity contribution >= 4 is 5.97 Å². The first-order valence-electron chi connectivity index (χ1n) is 6.50. The number of ether oxygens (including phenoxy) is 2. The summed E-state index contributed by atoms with van der Waals surface area (Å²) in [5, 5.41) is 8.96. The first kappa shape index (κ1) is 16.0. The molecular formula is C15H20N2O3. The van der Waals surface area contributed by atoms with Gasteiger partial charge in [0.15, 0.2) is 0 Å².